The Morgan fingerprint density at radius 3 is 2.29 bits per heavy atom. The van der Waals surface area contributed by atoms with Gasteiger partial charge in [-0.15, -0.1) is 0 Å². The Morgan fingerprint density at radius 2 is 1.58 bits per heavy atom. The first kappa shape index (κ1) is 25.5. The van der Waals surface area contributed by atoms with Crippen molar-refractivity contribution in [1.29, 1.82) is 0 Å². The predicted molar refractivity (Wildman–Crippen MR) is 153 cm³/mol. The van der Waals surface area contributed by atoms with Crippen LogP contribution in [0, 0.1) is 0 Å². The first-order chi connectivity index (χ1) is 18.6. The van der Waals surface area contributed by atoms with Crippen molar-refractivity contribution in [2.24, 2.45) is 0 Å². The monoisotopic (exact) mass is 522 g/mol. The number of hydrogen-bond acceptors (Lipinski definition) is 5. The summed E-state index contributed by atoms with van der Waals surface area (Å²) in [6, 6.07) is 26.2. The van der Waals surface area contributed by atoms with Gasteiger partial charge < -0.3 is 14.6 Å². The zero-order chi connectivity index (χ0) is 26.3. The lowest BCUT2D eigenvalue weighted by atomic mass is 10.1. The second-order valence-corrected chi connectivity index (χ2v) is 9.97. The highest BCUT2D eigenvalue weighted by Gasteiger charge is 2.13. The number of amides is 1. The van der Waals surface area contributed by atoms with E-state index in [1.54, 1.807) is 25.1 Å². The number of methoxy groups -OCH3 is 1. The Kier molecular flexibility index (Phi) is 8.04. The van der Waals surface area contributed by atoms with Crippen LogP contribution in [0.5, 0.6) is 5.75 Å². The van der Waals surface area contributed by atoms with E-state index < -0.39 is 0 Å². The SMILES string of the molecule is CCc1ccc(CNC(=O)c2ccc(CSc3nc4ccncc4n3Cc3ccc(OC)cc3)cc2)cc1. The fourth-order valence-corrected chi connectivity index (χ4v) is 5.17. The highest BCUT2D eigenvalue weighted by atomic mass is 32.2. The van der Waals surface area contributed by atoms with Crippen LogP contribution < -0.4 is 10.1 Å². The van der Waals surface area contributed by atoms with Gasteiger partial charge >= 0.3 is 0 Å². The molecule has 2 heterocycles. The molecule has 2 aromatic heterocycles. The van der Waals surface area contributed by atoms with Crippen LogP contribution in [0.3, 0.4) is 0 Å². The Hall–Kier alpha value is -4.10. The van der Waals surface area contributed by atoms with Crippen molar-refractivity contribution in [3.63, 3.8) is 0 Å². The molecule has 0 fully saturated rings. The van der Waals surface area contributed by atoms with Gasteiger partial charge in [0.15, 0.2) is 5.16 Å². The van der Waals surface area contributed by atoms with Gasteiger partial charge in [-0.05, 0) is 59.0 Å². The van der Waals surface area contributed by atoms with Crippen LogP contribution in [-0.4, -0.2) is 27.6 Å². The summed E-state index contributed by atoms with van der Waals surface area (Å²) in [6.45, 7) is 3.34. The minimum Gasteiger partial charge on any atom is -0.497 e. The molecule has 0 saturated carbocycles. The molecule has 0 saturated heterocycles. The van der Waals surface area contributed by atoms with Gasteiger partial charge in [-0.3, -0.25) is 9.78 Å². The van der Waals surface area contributed by atoms with Crippen molar-refractivity contribution in [2.45, 2.75) is 37.3 Å². The van der Waals surface area contributed by atoms with Crippen molar-refractivity contribution in [2.75, 3.05) is 7.11 Å². The molecule has 0 unspecified atom stereocenters. The first-order valence-electron chi connectivity index (χ1n) is 12.6. The van der Waals surface area contributed by atoms with Crippen LogP contribution in [0.15, 0.2) is 96.4 Å². The van der Waals surface area contributed by atoms with Crippen molar-refractivity contribution in [3.05, 3.63) is 119 Å². The summed E-state index contributed by atoms with van der Waals surface area (Å²) in [6.07, 6.45) is 4.64. The predicted octanol–water partition coefficient (Wildman–Crippen LogP) is 6.27. The van der Waals surface area contributed by atoms with E-state index >= 15 is 0 Å². The summed E-state index contributed by atoms with van der Waals surface area (Å²) in [5, 5.41) is 3.94. The maximum absolute atomic E-state index is 12.6. The lowest BCUT2D eigenvalue weighted by Gasteiger charge is -2.10. The van der Waals surface area contributed by atoms with Crippen LogP contribution in [0.1, 0.15) is 39.5 Å². The van der Waals surface area contributed by atoms with Gasteiger partial charge in [-0.1, -0.05) is 67.2 Å². The smallest absolute Gasteiger partial charge is 0.251 e. The largest absolute Gasteiger partial charge is 0.497 e. The number of carbonyl (C=O) groups excluding carboxylic acids is 1. The number of rotatable bonds is 10. The van der Waals surface area contributed by atoms with E-state index in [2.05, 4.69) is 58.2 Å². The summed E-state index contributed by atoms with van der Waals surface area (Å²) >= 11 is 1.68. The molecule has 5 rings (SSSR count). The van der Waals surface area contributed by atoms with Crippen molar-refractivity contribution >= 4 is 28.7 Å². The van der Waals surface area contributed by atoms with Gasteiger partial charge in [0, 0.05) is 24.1 Å². The summed E-state index contributed by atoms with van der Waals surface area (Å²) < 4.78 is 7.49. The molecule has 0 spiro atoms. The molecule has 1 N–H and O–H groups in total. The summed E-state index contributed by atoms with van der Waals surface area (Å²) in [7, 11) is 1.67. The van der Waals surface area contributed by atoms with Gasteiger partial charge in [0.05, 0.1) is 30.9 Å². The second-order valence-electron chi connectivity index (χ2n) is 9.03. The number of aromatic nitrogens is 3. The third-order valence-corrected chi connectivity index (χ3v) is 7.53. The van der Waals surface area contributed by atoms with E-state index in [0.717, 1.165) is 50.8 Å². The number of ether oxygens (including phenoxy) is 1. The number of nitrogens with zero attached hydrogens (tertiary/aromatic N) is 3. The van der Waals surface area contributed by atoms with E-state index in [4.69, 9.17) is 9.72 Å². The Balaban J connectivity index is 1.24. The van der Waals surface area contributed by atoms with Gasteiger partial charge in [0.1, 0.15) is 5.75 Å². The van der Waals surface area contributed by atoms with Crippen LogP contribution in [0.2, 0.25) is 0 Å². The van der Waals surface area contributed by atoms with Crippen LogP contribution in [0.4, 0.5) is 0 Å². The van der Waals surface area contributed by atoms with Crippen LogP contribution in [-0.2, 0) is 25.3 Å². The Bertz CT molecular complexity index is 1510. The van der Waals surface area contributed by atoms with Crippen LogP contribution in [0.25, 0.3) is 11.0 Å². The average Bonchev–Trinajstić information content (AvgIpc) is 3.32. The second kappa shape index (κ2) is 12.0. The normalized spacial score (nSPS) is 11.0. The molecule has 7 heteroatoms. The van der Waals surface area contributed by atoms with Gasteiger partial charge in [0.25, 0.3) is 5.91 Å². The maximum Gasteiger partial charge on any atom is 0.251 e. The molecule has 0 radical (unpaired) electrons. The van der Waals surface area contributed by atoms with E-state index in [1.165, 1.54) is 5.56 Å². The first-order valence-corrected chi connectivity index (χ1v) is 13.6. The molecule has 1 amide bonds. The quantitative estimate of drug-likeness (QED) is 0.219. The highest BCUT2D eigenvalue weighted by Crippen LogP contribution is 2.28. The van der Waals surface area contributed by atoms with Crippen molar-refractivity contribution in [3.8, 4) is 5.75 Å². The third kappa shape index (κ3) is 6.06. The fourth-order valence-electron chi connectivity index (χ4n) is 4.20. The molecule has 0 aliphatic heterocycles. The average molecular weight is 523 g/mol. The number of pyridine rings is 1. The number of carbonyl (C=O) groups is 1. The van der Waals surface area contributed by atoms with E-state index in [1.807, 2.05) is 48.7 Å². The topological polar surface area (TPSA) is 69.0 Å². The molecule has 0 aliphatic rings. The number of imidazole rings is 1. The van der Waals surface area contributed by atoms with E-state index in [9.17, 15) is 4.79 Å². The number of thioether (sulfide) groups is 1. The van der Waals surface area contributed by atoms with Gasteiger partial charge in [-0.25, -0.2) is 4.98 Å². The third-order valence-electron chi connectivity index (χ3n) is 6.48. The lowest BCUT2D eigenvalue weighted by molar-refractivity contribution is 0.0951. The molecule has 192 valence electrons. The molecule has 5 aromatic rings. The number of nitrogens with one attached hydrogen (secondary N) is 1. The van der Waals surface area contributed by atoms with Crippen molar-refractivity contribution in [1.82, 2.24) is 19.9 Å². The highest BCUT2D eigenvalue weighted by molar-refractivity contribution is 7.98. The minimum absolute atomic E-state index is 0.0717. The fraction of sp³-hybridized carbons (Fsp3) is 0.194. The standard InChI is InChI=1S/C31H30N4O2S/c1-3-22-4-6-23(7-5-22)18-33-30(36)26-12-8-25(9-13-26)21-38-31-34-28-16-17-32-19-29(28)35(31)20-24-10-14-27(37-2)15-11-24/h4-17,19H,3,18,20-21H2,1-2H3,(H,33,36). The summed E-state index contributed by atoms with van der Waals surface area (Å²) in [5.74, 6) is 1.51. The molecular formula is C31H30N4O2S. The number of aryl methyl sites for hydroxylation is 1. The Morgan fingerprint density at radius 1 is 0.895 bits per heavy atom. The number of fused-ring (bicyclic) bond motifs is 1. The molecule has 3 aromatic carbocycles. The minimum atomic E-state index is -0.0717. The summed E-state index contributed by atoms with van der Waals surface area (Å²) in [4.78, 5) is 21.8. The number of benzene rings is 3. The van der Waals surface area contributed by atoms with Crippen LogP contribution >= 0.6 is 11.8 Å². The zero-order valence-corrected chi connectivity index (χ0v) is 22.4. The summed E-state index contributed by atoms with van der Waals surface area (Å²) in [5.41, 5.74) is 7.25. The molecular weight excluding hydrogens is 492 g/mol. The van der Waals surface area contributed by atoms with Crippen molar-refractivity contribution < 1.29 is 9.53 Å². The molecule has 0 atom stereocenters. The zero-order valence-electron chi connectivity index (χ0n) is 21.6. The molecule has 0 bridgehead atoms. The Labute approximate surface area is 227 Å². The molecule has 6 nitrogen and oxygen atoms in total. The van der Waals surface area contributed by atoms with Gasteiger partial charge in [0.2, 0.25) is 0 Å². The lowest BCUT2D eigenvalue weighted by Crippen LogP contribution is -2.22. The number of hydrogen-bond donors (Lipinski definition) is 1. The van der Waals surface area contributed by atoms with E-state index in [0.29, 0.717) is 18.7 Å². The maximum atomic E-state index is 12.6. The van der Waals surface area contributed by atoms with E-state index in [-0.39, 0.29) is 5.91 Å². The molecule has 38 heavy (non-hydrogen) atoms. The molecule has 0 aliphatic carbocycles. The van der Waals surface area contributed by atoms with Gasteiger partial charge in [-0.2, -0.15) is 0 Å².